The van der Waals surface area contributed by atoms with Crippen LogP contribution in [0, 0.1) is 6.92 Å². The molecule has 0 saturated heterocycles. The van der Waals surface area contributed by atoms with E-state index in [4.69, 9.17) is 15.2 Å². The molecule has 0 amide bonds. The van der Waals surface area contributed by atoms with Crippen LogP contribution < -0.4 is 5.73 Å². The molecule has 0 aromatic carbocycles. The van der Waals surface area contributed by atoms with Crippen molar-refractivity contribution in [3.8, 4) is 0 Å². The van der Waals surface area contributed by atoms with Crippen molar-refractivity contribution in [2.75, 3.05) is 20.0 Å². The zero-order valence-electron chi connectivity index (χ0n) is 8.02. The monoisotopic (exact) mass is 186 g/mol. The van der Waals surface area contributed by atoms with Crippen molar-refractivity contribution < 1.29 is 9.47 Å². The molecule has 0 saturated carbocycles. The molecule has 0 aliphatic carbocycles. The smallest absolute Gasteiger partial charge is 0.239 e. The summed E-state index contributed by atoms with van der Waals surface area (Å²) in [6.45, 7) is 2.31. The number of rotatable bonds is 4. The highest BCUT2D eigenvalue weighted by Gasteiger charge is 2.10. The van der Waals surface area contributed by atoms with Gasteiger partial charge in [-0.25, -0.2) is 4.68 Å². The summed E-state index contributed by atoms with van der Waals surface area (Å²) >= 11 is 0. The van der Waals surface area contributed by atoms with Gasteiger partial charge in [0, 0.05) is 14.2 Å². The lowest BCUT2D eigenvalue weighted by Crippen LogP contribution is -2.22. The van der Waals surface area contributed by atoms with Crippen molar-refractivity contribution in [2.24, 2.45) is 0 Å². The van der Waals surface area contributed by atoms with E-state index in [9.17, 15) is 0 Å². The van der Waals surface area contributed by atoms with Crippen LogP contribution in [-0.2, 0) is 16.0 Å². The fraction of sp³-hybridized carbons (Fsp3) is 0.714. The van der Waals surface area contributed by atoms with Gasteiger partial charge in [0.05, 0.1) is 6.54 Å². The molecule has 0 aliphatic heterocycles. The quantitative estimate of drug-likeness (QED) is 0.658. The Morgan fingerprint density at radius 1 is 1.46 bits per heavy atom. The van der Waals surface area contributed by atoms with Crippen molar-refractivity contribution in [3.63, 3.8) is 0 Å². The molecule has 6 nitrogen and oxygen atoms in total. The van der Waals surface area contributed by atoms with Crippen LogP contribution in [0.2, 0.25) is 0 Å². The van der Waals surface area contributed by atoms with Gasteiger partial charge in [-0.15, -0.1) is 5.10 Å². The molecule has 1 rings (SSSR count). The Bertz CT molecular complexity index is 269. The van der Waals surface area contributed by atoms with Crippen molar-refractivity contribution in [1.29, 1.82) is 0 Å². The lowest BCUT2D eigenvalue weighted by molar-refractivity contribution is -0.112. The van der Waals surface area contributed by atoms with Gasteiger partial charge in [-0.1, -0.05) is 0 Å². The molecule has 0 unspecified atom stereocenters. The minimum absolute atomic E-state index is 0.267. The standard InChI is InChI=1S/C7H14N4O2/c1-5-9-7(8)10-11(5)4-6(12-2)13-3/h6H,4H2,1-3H3,(H2,8,10). The van der Waals surface area contributed by atoms with Crippen LogP contribution in [0.15, 0.2) is 0 Å². The summed E-state index contributed by atoms with van der Waals surface area (Å²) in [4.78, 5) is 3.95. The summed E-state index contributed by atoms with van der Waals surface area (Å²) < 4.78 is 11.7. The second-order valence-electron chi connectivity index (χ2n) is 2.60. The fourth-order valence-corrected chi connectivity index (χ4v) is 1.00. The van der Waals surface area contributed by atoms with E-state index in [0.29, 0.717) is 6.54 Å². The summed E-state index contributed by atoms with van der Waals surface area (Å²) in [5.41, 5.74) is 5.41. The van der Waals surface area contributed by atoms with Crippen molar-refractivity contribution in [1.82, 2.24) is 14.8 Å². The van der Waals surface area contributed by atoms with Crippen LogP contribution >= 0.6 is 0 Å². The molecule has 1 heterocycles. The average molecular weight is 186 g/mol. The number of aryl methyl sites for hydroxylation is 1. The molecule has 0 fully saturated rings. The van der Waals surface area contributed by atoms with Crippen LogP contribution in [0.5, 0.6) is 0 Å². The zero-order valence-corrected chi connectivity index (χ0v) is 8.02. The van der Waals surface area contributed by atoms with Crippen molar-refractivity contribution in [3.05, 3.63) is 5.82 Å². The molecular formula is C7H14N4O2. The minimum atomic E-state index is -0.320. The van der Waals surface area contributed by atoms with E-state index in [1.54, 1.807) is 18.9 Å². The number of hydrogen-bond donors (Lipinski definition) is 1. The molecule has 0 spiro atoms. The Labute approximate surface area is 76.6 Å². The summed E-state index contributed by atoms with van der Waals surface area (Å²) in [5, 5.41) is 3.97. The lowest BCUT2D eigenvalue weighted by atomic mass is 10.6. The Hall–Kier alpha value is -1.14. The zero-order chi connectivity index (χ0) is 9.84. The molecular weight excluding hydrogens is 172 g/mol. The normalized spacial score (nSPS) is 11.1. The molecule has 0 atom stereocenters. The topological polar surface area (TPSA) is 75.2 Å². The van der Waals surface area contributed by atoms with Gasteiger partial charge in [-0.3, -0.25) is 0 Å². The lowest BCUT2D eigenvalue weighted by Gasteiger charge is -2.13. The van der Waals surface area contributed by atoms with E-state index in [-0.39, 0.29) is 12.2 Å². The number of anilines is 1. The van der Waals surface area contributed by atoms with Gasteiger partial charge in [0.1, 0.15) is 5.82 Å². The number of ether oxygens (including phenoxy) is 2. The maximum atomic E-state index is 5.41. The highest BCUT2D eigenvalue weighted by atomic mass is 16.7. The van der Waals surface area contributed by atoms with Gasteiger partial charge >= 0.3 is 0 Å². The summed E-state index contributed by atoms with van der Waals surface area (Å²) in [5.74, 6) is 1.01. The number of nitrogens with two attached hydrogens (primary N) is 1. The van der Waals surface area contributed by atoms with Crippen LogP contribution in [0.3, 0.4) is 0 Å². The minimum Gasteiger partial charge on any atom is -0.366 e. The number of hydrogen-bond acceptors (Lipinski definition) is 5. The molecule has 0 aliphatic rings. The van der Waals surface area contributed by atoms with Gasteiger partial charge in [-0.05, 0) is 6.92 Å². The van der Waals surface area contributed by atoms with Crippen molar-refractivity contribution in [2.45, 2.75) is 19.8 Å². The van der Waals surface area contributed by atoms with Crippen LogP contribution in [0.1, 0.15) is 5.82 Å². The first-order valence-corrected chi connectivity index (χ1v) is 3.90. The van der Waals surface area contributed by atoms with Crippen LogP contribution in [-0.4, -0.2) is 35.3 Å². The third kappa shape index (κ3) is 2.40. The summed E-state index contributed by atoms with van der Waals surface area (Å²) in [6.07, 6.45) is -0.320. The third-order valence-electron chi connectivity index (χ3n) is 1.72. The first-order chi connectivity index (χ1) is 6.17. The largest absolute Gasteiger partial charge is 0.366 e. The predicted molar refractivity (Wildman–Crippen MR) is 47.0 cm³/mol. The van der Waals surface area contributed by atoms with E-state index in [2.05, 4.69) is 10.1 Å². The number of nitrogen functional groups attached to an aromatic ring is 1. The van der Waals surface area contributed by atoms with Gasteiger partial charge < -0.3 is 15.2 Å². The molecule has 1 aromatic rings. The van der Waals surface area contributed by atoms with Crippen molar-refractivity contribution >= 4 is 5.95 Å². The molecule has 74 valence electrons. The Balaban J connectivity index is 2.67. The van der Waals surface area contributed by atoms with Crippen LogP contribution in [0.25, 0.3) is 0 Å². The second kappa shape index (κ2) is 4.20. The molecule has 0 radical (unpaired) electrons. The third-order valence-corrected chi connectivity index (χ3v) is 1.72. The fourth-order valence-electron chi connectivity index (χ4n) is 1.00. The predicted octanol–water partition coefficient (Wildman–Crippen LogP) is -0.212. The molecule has 0 bridgehead atoms. The summed E-state index contributed by atoms with van der Waals surface area (Å²) in [6, 6.07) is 0. The highest BCUT2D eigenvalue weighted by molar-refractivity contribution is 5.12. The maximum Gasteiger partial charge on any atom is 0.239 e. The molecule has 1 aromatic heterocycles. The van der Waals surface area contributed by atoms with Gasteiger partial charge in [0.2, 0.25) is 5.95 Å². The number of methoxy groups -OCH3 is 2. The van der Waals surface area contributed by atoms with E-state index in [1.807, 2.05) is 6.92 Å². The highest BCUT2D eigenvalue weighted by Crippen LogP contribution is 2.01. The van der Waals surface area contributed by atoms with E-state index < -0.39 is 0 Å². The van der Waals surface area contributed by atoms with Gasteiger partial charge in [-0.2, -0.15) is 4.98 Å². The first kappa shape index (κ1) is 9.94. The van der Waals surface area contributed by atoms with E-state index in [1.165, 1.54) is 0 Å². The Morgan fingerprint density at radius 2 is 2.08 bits per heavy atom. The molecule has 2 N–H and O–H groups in total. The number of nitrogens with zero attached hydrogens (tertiary/aromatic N) is 3. The summed E-state index contributed by atoms with van der Waals surface area (Å²) in [7, 11) is 3.15. The molecule has 13 heavy (non-hydrogen) atoms. The van der Waals surface area contributed by atoms with Gasteiger partial charge in [0.25, 0.3) is 0 Å². The first-order valence-electron chi connectivity index (χ1n) is 3.90. The van der Waals surface area contributed by atoms with E-state index >= 15 is 0 Å². The Kier molecular flexibility index (Phi) is 3.21. The average Bonchev–Trinajstić information content (AvgIpc) is 2.41. The Morgan fingerprint density at radius 3 is 2.46 bits per heavy atom. The van der Waals surface area contributed by atoms with Gasteiger partial charge in [0.15, 0.2) is 6.29 Å². The van der Waals surface area contributed by atoms with E-state index in [0.717, 1.165) is 5.82 Å². The van der Waals surface area contributed by atoms with Crippen LogP contribution in [0.4, 0.5) is 5.95 Å². The second-order valence-corrected chi connectivity index (χ2v) is 2.60. The SMILES string of the molecule is COC(Cn1nc(N)nc1C)OC. The maximum absolute atomic E-state index is 5.41. The molecule has 6 heteroatoms. The number of aromatic nitrogens is 3.